The van der Waals surface area contributed by atoms with Crippen LogP contribution in [0.15, 0.2) is 24.3 Å². The summed E-state index contributed by atoms with van der Waals surface area (Å²) in [5, 5.41) is 15.5. The summed E-state index contributed by atoms with van der Waals surface area (Å²) in [6.45, 7) is 6.87. The summed E-state index contributed by atoms with van der Waals surface area (Å²) in [7, 11) is 0. The molecule has 0 fully saturated rings. The molecule has 0 aliphatic rings. The van der Waals surface area contributed by atoms with Gasteiger partial charge in [0.05, 0.1) is 6.54 Å². The van der Waals surface area contributed by atoms with Gasteiger partial charge in [0.1, 0.15) is 5.75 Å². The van der Waals surface area contributed by atoms with Gasteiger partial charge in [0, 0.05) is 18.2 Å². The van der Waals surface area contributed by atoms with E-state index < -0.39 is 0 Å². The first-order valence-corrected chi connectivity index (χ1v) is 6.27. The molecule has 1 amide bonds. The number of benzene rings is 1. The largest absolute Gasteiger partial charge is 0.508 e. The molecule has 0 spiro atoms. The van der Waals surface area contributed by atoms with Crippen LogP contribution >= 0.6 is 0 Å². The van der Waals surface area contributed by atoms with E-state index in [2.05, 4.69) is 24.5 Å². The lowest BCUT2D eigenvalue weighted by atomic mass is 10.1. The topological polar surface area (TPSA) is 61.4 Å². The Labute approximate surface area is 108 Å². The van der Waals surface area contributed by atoms with Gasteiger partial charge >= 0.3 is 0 Å². The van der Waals surface area contributed by atoms with Crippen molar-refractivity contribution in [3.63, 3.8) is 0 Å². The average Bonchev–Trinajstić information content (AvgIpc) is 2.31. The van der Waals surface area contributed by atoms with Crippen LogP contribution in [0.4, 0.5) is 0 Å². The zero-order valence-electron chi connectivity index (χ0n) is 11.2. The molecule has 0 aliphatic heterocycles. The first-order valence-electron chi connectivity index (χ1n) is 6.27. The summed E-state index contributed by atoms with van der Waals surface area (Å²) in [4.78, 5) is 11.6. The van der Waals surface area contributed by atoms with E-state index in [1.54, 1.807) is 12.1 Å². The minimum Gasteiger partial charge on any atom is -0.508 e. The second-order valence-electron chi connectivity index (χ2n) is 4.83. The Kier molecular flexibility index (Phi) is 5.65. The molecule has 0 saturated heterocycles. The maximum absolute atomic E-state index is 11.6. The van der Waals surface area contributed by atoms with Gasteiger partial charge in [-0.1, -0.05) is 32.0 Å². The Morgan fingerprint density at radius 2 is 1.94 bits per heavy atom. The van der Waals surface area contributed by atoms with Crippen LogP contribution in [0.2, 0.25) is 0 Å². The van der Waals surface area contributed by atoms with Gasteiger partial charge in [-0.25, -0.2) is 0 Å². The van der Waals surface area contributed by atoms with Gasteiger partial charge in [0.2, 0.25) is 5.91 Å². The molecular formula is C14H22N2O2. The number of rotatable bonds is 6. The van der Waals surface area contributed by atoms with Crippen molar-refractivity contribution in [2.24, 2.45) is 5.92 Å². The van der Waals surface area contributed by atoms with E-state index in [4.69, 9.17) is 0 Å². The van der Waals surface area contributed by atoms with Crippen molar-refractivity contribution in [2.75, 3.05) is 6.54 Å². The van der Waals surface area contributed by atoms with Gasteiger partial charge in [0.15, 0.2) is 0 Å². The number of amides is 1. The fraction of sp³-hybridized carbons (Fsp3) is 0.500. The van der Waals surface area contributed by atoms with Crippen molar-refractivity contribution >= 4 is 5.91 Å². The first kappa shape index (κ1) is 14.5. The van der Waals surface area contributed by atoms with Crippen LogP contribution in [0.5, 0.6) is 5.75 Å². The van der Waals surface area contributed by atoms with Crippen LogP contribution in [0.3, 0.4) is 0 Å². The summed E-state index contributed by atoms with van der Waals surface area (Å²) in [5.41, 5.74) is 0.794. The van der Waals surface area contributed by atoms with Crippen molar-refractivity contribution in [2.45, 2.75) is 33.4 Å². The van der Waals surface area contributed by atoms with Gasteiger partial charge in [-0.15, -0.1) is 0 Å². The first-order chi connectivity index (χ1) is 8.50. The molecule has 1 aromatic rings. The molecule has 0 bridgehead atoms. The smallest absolute Gasteiger partial charge is 0.234 e. The zero-order chi connectivity index (χ0) is 13.5. The third-order valence-electron chi connectivity index (χ3n) is 2.98. The summed E-state index contributed by atoms with van der Waals surface area (Å²) < 4.78 is 0. The number of carbonyl (C=O) groups excluding carboxylic acids is 1. The van der Waals surface area contributed by atoms with E-state index in [1.807, 2.05) is 19.1 Å². The van der Waals surface area contributed by atoms with Crippen LogP contribution in [0.25, 0.3) is 0 Å². The minimum absolute atomic E-state index is 0.0216. The molecule has 1 unspecified atom stereocenters. The number of hydrogen-bond acceptors (Lipinski definition) is 3. The fourth-order valence-electron chi connectivity index (χ4n) is 1.44. The average molecular weight is 250 g/mol. The second kappa shape index (κ2) is 7.01. The fourth-order valence-corrected chi connectivity index (χ4v) is 1.44. The molecule has 1 rings (SSSR count). The van der Waals surface area contributed by atoms with Gasteiger partial charge in [-0.2, -0.15) is 0 Å². The van der Waals surface area contributed by atoms with E-state index in [-0.39, 0.29) is 24.2 Å². The van der Waals surface area contributed by atoms with E-state index >= 15 is 0 Å². The Bertz CT molecular complexity index is 391. The van der Waals surface area contributed by atoms with Gasteiger partial charge in [-0.05, 0) is 18.9 Å². The standard InChI is InChI=1S/C14H22N2O2/c1-10(2)11(3)16-14(18)9-15-8-12-6-4-5-7-13(12)17/h4-7,10-11,15,17H,8-9H2,1-3H3,(H,16,18). The number of hydrogen-bond donors (Lipinski definition) is 3. The van der Waals surface area contributed by atoms with Crippen LogP contribution < -0.4 is 10.6 Å². The zero-order valence-corrected chi connectivity index (χ0v) is 11.2. The molecule has 0 heterocycles. The van der Waals surface area contributed by atoms with Crippen LogP contribution in [-0.2, 0) is 11.3 Å². The maximum atomic E-state index is 11.6. The van der Waals surface area contributed by atoms with E-state index in [0.717, 1.165) is 5.56 Å². The van der Waals surface area contributed by atoms with Gasteiger partial charge in [0.25, 0.3) is 0 Å². The quantitative estimate of drug-likeness (QED) is 0.719. The third-order valence-corrected chi connectivity index (χ3v) is 2.98. The lowest BCUT2D eigenvalue weighted by Gasteiger charge is -2.17. The highest BCUT2D eigenvalue weighted by atomic mass is 16.3. The third kappa shape index (κ3) is 4.75. The van der Waals surface area contributed by atoms with Crippen molar-refractivity contribution < 1.29 is 9.90 Å². The molecule has 100 valence electrons. The van der Waals surface area contributed by atoms with Crippen LogP contribution in [0.1, 0.15) is 26.3 Å². The molecule has 4 nitrogen and oxygen atoms in total. The molecule has 0 saturated carbocycles. The molecule has 3 N–H and O–H groups in total. The molecule has 0 radical (unpaired) electrons. The maximum Gasteiger partial charge on any atom is 0.234 e. The monoisotopic (exact) mass is 250 g/mol. The van der Waals surface area contributed by atoms with Crippen molar-refractivity contribution in [1.82, 2.24) is 10.6 Å². The molecular weight excluding hydrogens is 228 g/mol. The lowest BCUT2D eigenvalue weighted by Crippen LogP contribution is -2.41. The van der Waals surface area contributed by atoms with E-state index in [0.29, 0.717) is 12.5 Å². The Morgan fingerprint density at radius 3 is 2.56 bits per heavy atom. The molecule has 18 heavy (non-hydrogen) atoms. The predicted octanol–water partition coefficient (Wildman–Crippen LogP) is 1.64. The molecule has 0 aromatic heterocycles. The summed E-state index contributed by atoms with van der Waals surface area (Å²) in [6, 6.07) is 7.27. The minimum atomic E-state index is -0.0216. The van der Waals surface area contributed by atoms with E-state index in [1.165, 1.54) is 0 Å². The predicted molar refractivity (Wildman–Crippen MR) is 72.3 cm³/mol. The van der Waals surface area contributed by atoms with Crippen molar-refractivity contribution in [3.05, 3.63) is 29.8 Å². The van der Waals surface area contributed by atoms with Gasteiger partial charge in [-0.3, -0.25) is 4.79 Å². The molecule has 0 aliphatic carbocycles. The Balaban J connectivity index is 2.30. The molecule has 4 heteroatoms. The Morgan fingerprint density at radius 1 is 1.28 bits per heavy atom. The van der Waals surface area contributed by atoms with E-state index in [9.17, 15) is 9.90 Å². The summed E-state index contributed by atoms with van der Waals surface area (Å²) >= 11 is 0. The second-order valence-corrected chi connectivity index (χ2v) is 4.83. The normalized spacial score (nSPS) is 12.4. The van der Waals surface area contributed by atoms with Crippen LogP contribution in [0, 0.1) is 5.92 Å². The van der Waals surface area contributed by atoms with Crippen molar-refractivity contribution in [3.8, 4) is 5.75 Å². The summed E-state index contributed by atoms with van der Waals surface area (Å²) in [6.07, 6.45) is 0. The number of para-hydroxylation sites is 1. The number of carbonyl (C=O) groups is 1. The van der Waals surface area contributed by atoms with Crippen LogP contribution in [-0.4, -0.2) is 23.6 Å². The lowest BCUT2D eigenvalue weighted by molar-refractivity contribution is -0.121. The highest BCUT2D eigenvalue weighted by Crippen LogP contribution is 2.14. The highest BCUT2D eigenvalue weighted by Gasteiger charge is 2.10. The highest BCUT2D eigenvalue weighted by molar-refractivity contribution is 5.78. The Hall–Kier alpha value is -1.55. The molecule has 1 aromatic carbocycles. The molecule has 1 atom stereocenters. The van der Waals surface area contributed by atoms with Gasteiger partial charge < -0.3 is 15.7 Å². The number of phenolic OH excluding ortho intramolecular Hbond substituents is 1. The number of phenols is 1. The van der Waals surface area contributed by atoms with Crippen molar-refractivity contribution in [1.29, 1.82) is 0 Å². The number of nitrogens with one attached hydrogen (secondary N) is 2. The number of aromatic hydroxyl groups is 1. The SMILES string of the molecule is CC(C)C(C)NC(=O)CNCc1ccccc1O. The summed E-state index contributed by atoms with van der Waals surface area (Å²) in [5.74, 6) is 0.652.